The molecule has 0 amide bonds. The standard InChI is InChI=1S/C21H30N6O.HI/c1-16-8-5-6-9-17(16)18-15-26(12-13-28-18)21(22-2)23-14-20-25-24-19-10-4-3-7-11-27(19)20;/h5-6,8-9,18H,3-4,7,10-15H2,1-2H3,(H,22,23);1H. The second-order valence-electron chi connectivity index (χ2n) is 7.56. The van der Waals surface area contributed by atoms with Gasteiger partial charge in [-0.3, -0.25) is 4.99 Å². The van der Waals surface area contributed by atoms with Gasteiger partial charge in [0.2, 0.25) is 0 Å². The molecule has 1 atom stereocenters. The van der Waals surface area contributed by atoms with E-state index in [9.17, 15) is 0 Å². The van der Waals surface area contributed by atoms with Crippen molar-refractivity contribution in [3.05, 3.63) is 47.0 Å². The second-order valence-corrected chi connectivity index (χ2v) is 7.56. The molecule has 2 aliphatic heterocycles. The highest BCUT2D eigenvalue weighted by Gasteiger charge is 2.25. The van der Waals surface area contributed by atoms with Crippen LogP contribution in [0, 0.1) is 6.92 Å². The number of benzene rings is 1. The molecule has 0 bridgehead atoms. The average Bonchev–Trinajstić information content (AvgIpc) is 2.95. The summed E-state index contributed by atoms with van der Waals surface area (Å²) in [6.45, 7) is 6.13. The number of halogens is 1. The number of aromatic nitrogens is 3. The molecule has 1 aromatic heterocycles. The molecule has 29 heavy (non-hydrogen) atoms. The zero-order valence-electron chi connectivity index (χ0n) is 17.3. The van der Waals surface area contributed by atoms with E-state index in [1.54, 1.807) is 0 Å². The number of nitrogens with one attached hydrogen (secondary N) is 1. The lowest BCUT2D eigenvalue weighted by Crippen LogP contribution is -2.48. The highest BCUT2D eigenvalue weighted by Crippen LogP contribution is 2.25. The third-order valence-electron chi connectivity index (χ3n) is 5.70. The number of guanidine groups is 1. The Kier molecular flexibility index (Phi) is 7.88. The first-order valence-electron chi connectivity index (χ1n) is 10.3. The molecule has 3 heterocycles. The smallest absolute Gasteiger partial charge is 0.194 e. The van der Waals surface area contributed by atoms with Gasteiger partial charge in [-0.2, -0.15) is 0 Å². The van der Waals surface area contributed by atoms with Crippen molar-refractivity contribution in [3.63, 3.8) is 0 Å². The molecule has 1 saturated heterocycles. The van der Waals surface area contributed by atoms with Gasteiger partial charge in [0.05, 0.1) is 19.7 Å². The SMILES string of the molecule is CN=C(NCc1nnc2n1CCCCC2)N1CCOC(c2ccccc2C)C1.I. The molecule has 0 aliphatic carbocycles. The number of rotatable bonds is 3. The molecule has 7 nitrogen and oxygen atoms in total. The van der Waals surface area contributed by atoms with E-state index >= 15 is 0 Å². The van der Waals surface area contributed by atoms with Gasteiger partial charge in [-0.25, -0.2) is 0 Å². The van der Waals surface area contributed by atoms with Gasteiger partial charge in [-0.05, 0) is 30.9 Å². The molecule has 2 aliphatic rings. The van der Waals surface area contributed by atoms with Crippen molar-refractivity contribution >= 4 is 29.9 Å². The lowest BCUT2D eigenvalue weighted by Gasteiger charge is -2.35. The van der Waals surface area contributed by atoms with Crippen molar-refractivity contribution < 1.29 is 4.74 Å². The summed E-state index contributed by atoms with van der Waals surface area (Å²) in [6, 6.07) is 8.45. The number of fused-ring (bicyclic) bond motifs is 1. The van der Waals surface area contributed by atoms with E-state index in [1.807, 2.05) is 7.05 Å². The summed E-state index contributed by atoms with van der Waals surface area (Å²) in [6.07, 6.45) is 4.78. The highest BCUT2D eigenvalue weighted by atomic mass is 127. The molecular weight excluding hydrogens is 479 g/mol. The Morgan fingerprint density at radius 3 is 2.90 bits per heavy atom. The van der Waals surface area contributed by atoms with Crippen LogP contribution in [-0.2, 0) is 24.2 Å². The third kappa shape index (κ3) is 5.09. The molecule has 1 fully saturated rings. The predicted molar refractivity (Wildman–Crippen MR) is 125 cm³/mol. The number of aryl methyl sites for hydroxylation is 2. The van der Waals surface area contributed by atoms with Crippen molar-refractivity contribution in [2.45, 2.75) is 51.8 Å². The van der Waals surface area contributed by atoms with Crippen LogP contribution < -0.4 is 5.32 Å². The largest absolute Gasteiger partial charge is 0.370 e. The number of aliphatic imine (C=N–C) groups is 1. The Morgan fingerprint density at radius 1 is 1.21 bits per heavy atom. The predicted octanol–water partition coefficient (Wildman–Crippen LogP) is 3.08. The maximum Gasteiger partial charge on any atom is 0.194 e. The van der Waals surface area contributed by atoms with E-state index in [0.29, 0.717) is 13.2 Å². The van der Waals surface area contributed by atoms with Crippen LogP contribution in [0.3, 0.4) is 0 Å². The van der Waals surface area contributed by atoms with Gasteiger partial charge >= 0.3 is 0 Å². The van der Waals surface area contributed by atoms with Crippen LogP contribution in [0.4, 0.5) is 0 Å². The zero-order chi connectivity index (χ0) is 19.3. The molecule has 1 N–H and O–H groups in total. The summed E-state index contributed by atoms with van der Waals surface area (Å²) in [5.74, 6) is 3.02. The summed E-state index contributed by atoms with van der Waals surface area (Å²) < 4.78 is 8.34. The first-order valence-corrected chi connectivity index (χ1v) is 10.3. The molecule has 0 radical (unpaired) electrons. The summed E-state index contributed by atoms with van der Waals surface area (Å²) in [7, 11) is 1.84. The van der Waals surface area contributed by atoms with E-state index in [2.05, 4.69) is 61.2 Å². The molecule has 0 saturated carbocycles. The topological polar surface area (TPSA) is 67.6 Å². The van der Waals surface area contributed by atoms with Crippen molar-refractivity contribution in [2.75, 3.05) is 26.7 Å². The van der Waals surface area contributed by atoms with E-state index < -0.39 is 0 Å². The van der Waals surface area contributed by atoms with Crippen molar-refractivity contribution in [1.29, 1.82) is 0 Å². The summed E-state index contributed by atoms with van der Waals surface area (Å²) >= 11 is 0. The van der Waals surface area contributed by atoms with Gasteiger partial charge in [0.1, 0.15) is 11.9 Å². The van der Waals surface area contributed by atoms with E-state index in [-0.39, 0.29) is 30.1 Å². The normalized spacial score (nSPS) is 19.9. The van der Waals surface area contributed by atoms with Crippen LogP contribution in [0.15, 0.2) is 29.3 Å². The fraction of sp³-hybridized carbons (Fsp3) is 0.571. The number of hydrogen-bond donors (Lipinski definition) is 1. The van der Waals surface area contributed by atoms with Crippen LogP contribution in [-0.4, -0.2) is 52.4 Å². The van der Waals surface area contributed by atoms with Crippen LogP contribution in [0.2, 0.25) is 0 Å². The number of nitrogens with zero attached hydrogens (tertiary/aromatic N) is 5. The van der Waals surface area contributed by atoms with Gasteiger partial charge < -0.3 is 19.5 Å². The first-order chi connectivity index (χ1) is 13.8. The lowest BCUT2D eigenvalue weighted by molar-refractivity contribution is -0.00835. The van der Waals surface area contributed by atoms with Crippen LogP contribution >= 0.6 is 24.0 Å². The molecule has 0 spiro atoms. The van der Waals surface area contributed by atoms with Crippen LogP contribution in [0.25, 0.3) is 0 Å². The minimum atomic E-state index is 0. The summed E-state index contributed by atoms with van der Waals surface area (Å²) in [5, 5.41) is 12.3. The Morgan fingerprint density at radius 2 is 2.07 bits per heavy atom. The Balaban J connectivity index is 0.00000240. The zero-order valence-corrected chi connectivity index (χ0v) is 19.6. The van der Waals surface area contributed by atoms with E-state index in [1.165, 1.54) is 30.4 Å². The molecule has 1 aromatic carbocycles. The molecule has 2 aromatic rings. The van der Waals surface area contributed by atoms with E-state index in [0.717, 1.165) is 43.7 Å². The van der Waals surface area contributed by atoms with E-state index in [4.69, 9.17) is 4.74 Å². The van der Waals surface area contributed by atoms with Gasteiger partial charge in [-0.15, -0.1) is 34.2 Å². The van der Waals surface area contributed by atoms with Crippen molar-refractivity contribution in [2.24, 2.45) is 4.99 Å². The molecule has 4 rings (SSSR count). The maximum absolute atomic E-state index is 6.06. The molecule has 158 valence electrons. The monoisotopic (exact) mass is 510 g/mol. The Labute approximate surface area is 190 Å². The first kappa shape index (κ1) is 22.0. The number of morpholine rings is 1. The quantitative estimate of drug-likeness (QED) is 0.391. The Bertz CT molecular complexity index is 836. The van der Waals surface area contributed by atoms with Gasteiger partial charge in [-0.1, -0.05) is 30.7 Å². The number of hydrogen-bond acceptors (Lipinski definition) is 4. The van der Waals surface area contributed by atoms with Crippen molar-refractivity contribution in [1.82, 2.24) is 25.0 Å². The highest BCUT2D eigenvalue weighted by molar-refractivity contribution is 14.0. The van der Waals surface area contributed by atoms with Gasteiger partial charge in [0.15, 0.2) is 11.8 Å². The van der Waals surface area contributed by atoms with Crippen LogP contribution in [0.1, 0.15) is 48.1 Å². The Hall–Kier alpha value is -1.68. The average molecular weight is 510 g/mol. The third-order valence-corrected chi connectivity index (χ3v) is 5.70. The lowest BCUT2D eigenvalue weighted by atomic mass is 10.0. The minimum absolute atomic E-state index is 0. The fourth-order valence-electron chi connectivity index (χ4n) is 4.14. The molecule has 1 unspecified atom stereocenters. The summed E-state index contributed by atoms with van der Waals surface area (Å²) in [5.41, 5.74) is 2.52. The summed E-state index contributed by atoms with van der Waals surface area (Å²) in [4.78, 5) is 6.79. The minimum Gasteiger partial charge on any atom is -0.370 e. The van der Waals surface area contributed by atoms with Crippen LogP contribution in [0.5, 0.6) is 0 Å². The van der Waals surface area contributed by atoms with Gasteiger partial charge in [0, 0.05) is 26.6 Å². The second kappa shape index (κ2) is 10.4. The fourth-order valence-corrected chi connectivity index (χ4v) is 4.14. The molecular formula is C21H31IN6O. The number of ether oxygens (including phenoxy) is 1. The van der Waals surface area contributed by atoms with Crippen molar-refractivity contribution in [3.8, 4) is 0 Å². The molecule has 8 heteroatoms. The van der Waals surface area contributed by atoms with Gasteiger partial charge in [0.25, 0.3) is 0 Å². The maximum atomic E-state index is 6.06.